The predicted molar refractivity (Wildman–Crippen MR) is 142 cm³/mol. The first-order valence-electron chi connectivity index (χ1n) is 13.0. The number of anilines is 2. The zero-order valence-corrected chi connectivity index (χ0v) is 21.8. The molecular formula is C27H34N6O5. The smallest absolute Gasteiger partial charge is 0.283 e. The first-order chi connectivity index (χ1) is 18.6. The lowest BCUT2D eigenvalue weighted by Crippen LogP contribution is -2.37. The van der Waals surface area contributed by atoms with Gasteiger partial charge in [0, 0.05) is 31.6 Å². The number of ether oxygens (including phenoxy) is 3. The van der Waals surface area contributed by atoms with Crippen LogP contribution in [0.1, 0.15) is 25.7 Å². The van der Waals surface area contributed by atoms with Crippen LogP contribution in [0.25, 0.3) is 10.8 Å². The molecule has 11 nitrogen and oxygen atoms in total. The van der Waals surface area contributed by atoms with Crippen molar-refractivity contribution in [2.45, 2.75) is 37.8 Å². The van der Waals surface area contributed by atoms with Crippen molar-refractivity contribution in [3.8, 4) is 11.6 Å². The molecule has 1 saturated heterocycles. The molecule has 0 bridgehead atoms. The molecule has 0 radical (unpaired) electrons. The maximum absolute atomic E-state index is 11.8. The molecule has 5 rings (SSSR count). The minimum atomic E-state index is -0.301. The van der Waals surface area contributed by atoms with E-state index in [1.54, 1.807) is 12.4 Å². The summed E-state index contributed by atoms with van der Waals surface area (Å²) in [6, 6.07) is 10.7. The Kier molecular flexibility index (Phi) is 8.34. The molecule has 2 aromatic heterocycles. The van der Waals surface area contributed by atoms with Crippen LogP contribution in [0, 0.1) is 0 Å². The summed E-state index contributed by atoms with van der Waals surface area (Å²) in [7, 11) is 2.94. The van der Waals surface area contributed by atoms with E-state index in [0.717, 1.165) is 60.4 Å². The molecule has 1 aliphatic carbocycles. The lowest BCUT2D eigenvalue weighted by molar-refractivity contribution is -0.170. The van der Waals surface area contributed by atoms with Crippen molar-refractivity contribution in [1.82, 2.24) is 20.0 Å². The van der Waals surface area contributed by atoms with Gasteiger partial charge in [0.2, 0.25) is 11.8 Å². The molecule has 2 aliphatic rings. The zero-order valence-electron chi connectivity index (χ0n) is 21.8. The number of pyridine rings is 1. The van der Waals surface area contributed by atoms with Gasteiger partial charge < -0.3 is 24.4 Å². The Morgan fingerprint density at radius 1 is 1.13 bits per heavy atom. The second-order valence-electron chi connectivity index (χ2n) is 9.45. The standard InChI is InChI=1S/C27H34N6O5/c1-32(35-2)25(34)18-37-22-16-28-27(29-17-22)30-20-7-9-21(10-8-20)38-26-23-6-4-3-5-19(23)15-24(31-26)33-11-13-36-14-12-33/h3-6,15-17,20-21H,7-14,18H2,1-2H3,(H,28,29,30). The molecule has 1 amide bonds. The second kappa shape index (κ2) is 12.2. The Morgan fingerprint density at radius 2 is 1.87 bits per heavy atom. The topological polar surface area (TPSA) is 111 Å². The van der Waals surface area contributed by atoms with Gasteiger partial charge in [-0.1, -0.05) is 18.2 Å². The fourth-order valence-electron chi connectivity index (χ4n) is 4.67. The van der Waals surface area contributed by atoms with Crippen molar-refractivity contribution in [3.05, 3.63) is 42.7 Å². The maximum Gasteiger partial charge on any atom is 0.283 e. The van der Waals surface area contributed by atoms with Crippen LogP contribution in [0.4, 0.5) is 11.8 Å². The molecule has 1 saturated carbocycles. The number of hydrogen-bond acceptors (Lipinski definition) is 10. The number of fused-ring (bicyclic) bond motifs is 1. The lowest BCUT2D eigenvalue weighted by atomic mass is 9.93. The average molecular weight is 523 g/mol. The van der Waals surface area contributed by atoms with Gasteiger partial charge in [0.05, 0.1) is 32.7 Å². The van der Waals surface area contributed by atoms with E-state index in [1.807, 2.05) is 12.1 Å². The SMILES string of the molecule is CON(C)C(=O)COc1cnc(NC2CCC(Oc3nc(N4CCOCC4)cc4ccccc34)CC2)nc1. The Morgan fingerprint density at radius 3 is 2.61 bits per heavy atom. The number of carbonyl (C=O) groups is 1. The van der Waals surface area contributed by atoms with Crippen LogP contribution in [0.5, 0.6) is 11.6 Å². The molecule has 3 aromatic rings. The highest BCUT2D eigenvalue weighted by atomic mass is 16.7. The highest BCUT2D eigenvalue weighted by molar-refractivity contribution is 5.89. The quantitative estimate of drug-likeness (QED) is 0.421. The van der Waals surface area contributed by atoms with Gasteiger partial charge >= 0.3 is 0 Å². The Hall–Kier alpha value is -3.70. The molecule has 2 fully saturated rings. The van der Waals surface area contributed by atoms with Crippen molar-refractivity contribution in [2.24, 2.45) is 0 Å². The molecule has 202 valence electrons. The van der Waals surface area contributed by atoms with Gasteiger partial charge in [-0.2, -0.15) is 4.98 Å². The van der Waals surface area contributed by atoms with E-state index in [4.69, 9.17) is 24.0 Å². The van der Waals surface area contributed by atoms with Crippen LogP contribution in [0.15, 0.2) is 42.7 Å². The Labute approximate surface area is 222 Å². The van der Waals surface area contributed by atoms with Crippen molar-refractivity contribution >= 4 is 28.4 Å². The fraction of sp³-hybridized carbons (Fsp3) is 0.481. The van der Waals surface area contributed by atoms with E-state index in [9.17, 15) is 4.79 Å². The molecule has 11 heteroatoms. The van der Waals surface area contributed by atoms with Gasteiger partial charge in [-0.3, -0.25) is 9.63 Å². The normalized spacial score (nSPS) is 19.7. The zero-order chi connectivity index (χ0) is 26.3. The lowest BCUT2D eigenvalue weighted by Gasteiger charge is -2.31. The molecule has 0 atom stereocenters. The first-order valence-corrected chi connectivity index (χ1v) is 13.0. The first kappa shape index (κ1) is 25.9. The maximum atomic E-state index is 11.8. The van der Waals surface area contributed by atoms with E-state index >= 15 is 0 Å². The van der Waals surface area contributed by atoms with E-state index in [1.165, 1.54) is 14.2 Å². The number of benzene rings is 1. The minimum Gasteiger partial charge on any atom is -0.480 e. The van der Waals surface area contributed by atoms with Crippen LogP contribution >= 0.6 is 0 Å². The number of carbonyl (C=O) groups excluding carboxylic acids is 1. The number of amides is 1. The third-order valence-electron chi connectivity index (χ3n) is 6.93. The van der Waals surface area contributed by atoms with E-state index in [2.05, 4.69) is 38.4 Å². The summed E-state index contributed by atoms with van der Waals surface area (Å²) in [6.07, 6.45) is 6.90. The highest BCUT2D eigenvalue weighted by Gasteiger charge is 2.25. The Bertz CT molecular complexity index is 1210. The minimum absolute atomic E-state index is 0.100. The summed E-state index contributed by atoms with van der Waals surface area (Å²) < 4.78 is 17.4. The van der Waals surface area contributed by atoms with Crippen molar-refractivity contribution < 1.29 is 23.8 Å². The van der Waals surface area contributed by atoms with Gasteiger partial charge in [0.25, 0.3) is 5.91 Å². The number of hydroxylamine groups is 2. The largest absolute Gasteiger partial charge is 0.480 e. The van der Waals surface area contributed by atoms with Gasteiger partial charge in [-0.15, -0.1) is 0 Å². The monoisotopic (exact) mass is 522 g/mol. The third-order valence-corrected chi connectivity index (χ3v) is 6.93. The molecule has 38 heavy (non-hydrogen) atoms. The number of morpholine rings is 1. The van der Waals surface area contributed by atoms with Crippen LogP contribution in [-0.4, -0.2) is 85.1 Å². The predicted octanol–water partition coefficient (Wildman–Crippen LogP) is 3.06. The van der Waals surface area contributed by atoms with Crippen molar-refractivity contribution in [1.29, 1.82) is 0 Å². The van der Waals surface area contributed by atoms with Crippen LogP contribution < -0.4 is 19.7 Å². The molecule has 3 heterocycles. The Balaban J connectivity index is 1.15. The summed E-state index contributed by atoms with van der Waals surface area (Å²) in [6.45, 7) is 2.95. The summed E-state index contributed by atoms with van der Waals surface area (Å²) >= 11 is 0. The van der Waals surface area contributed by atoms with Gasteiger partial charge in [0.15, 0.2) is 12.4 Å². The second-order valence-corrected chi connectivity index (χ2v) is 9.45. The molecule has 0 unspecified atom stereocenters. The van der Waals surface area contributed by atoms with Gasteiger partial charge in [0.1, 0.15) is 11.9 Å². The summed E-state index contributed by atoms with van der Waals surface area (Å²) in [5.41, 5.74) is 0. The van der Waals surface area contributed by atoms with Crippen molar-refractivity contribution in [3.63, 3.8) is 0 Å². The highest BCUT2D eigenvalue weighted by Crippen LogP contribution is 2.32. The summed E-state index contributed by atoms with van der Waals surface area (Å²) in [5, 5.41) is 6.68. The fourth-order valence-corrected chi connectivity index (χ4v) is 4.67. The van der Waals surface area contributed by atoms with Crippen LogP contribution in [0.2, 0.25) is 0 Å². The number of nitrogens with zero attached hydrogens (tertiary/aromatic N) is 5. The average Bonchev–Trinajstić information content (AvgIpc) is 2.97. The summed E-state index contributed by atoms with van der Waals surface area (Å²) in [4.78, 5) is 32.5. The number of aromatic nitrogens is 3. The van der Waals surface area contributed by atoms with Gasteiger partial charge in [-0.05, 0) is 43.2 Å². The summed E-state index contributed by atoms with van der Waals surface area (Å²) in [5.74, 6) is 2.30. The third kappa shape index (κ3) is 6.40. The van der Waals surface area contributed by atoms with Crippen molar-refractivity contribution in [2.75, 3.05) is 57.3 Å². The molecule has 0 spiro atoms. The molecule has 1 aliphatic heterocycles. The number of likely N-dealkylation sites (N-methyl/N-ethyl adjacent to an activating group) is 1. The molecular weight excluding hydrogens is 488 g/mol. The van der Waals surface area contributed by atoms with Gasteiger partial charge in [-0.25, -0.2) is 15.0 Å². The van der Waals surface area contributed by atoms with E-state index in [-0.39, 0.29) is 24.7 Å². The number of hydrogen-bond donors (Lipinski definition) is 1. The van der Waals surface area contributed by atoms with E-state index in [0.29, 0.717) is 30.8 Å². The van der Waals surface area contributed by atoms with Crippen LogP contribution in [0.3, 0.4) is 0 Å². The molecule has 1 N–H and O–H groups in total. The number of rotatable bonds is 9. The number of nitrogens with one attached hydrogen (secondary N) is 1. The van der Waals surface area contributed by atoms with Crippen LogP contribution in [-0.2, 0) is 14.4 Å². The van der Waals surface area contributed by atoms with E-state index < -0.39 is 0 Å². The molecule has 1 aromatic carbocycles.